The van der Waals surface area contributed by atoms with Crippen molar-refractivity contribution in [2.75, 3.05) is 20.8 Å². The minimum Gasteiger partial charge on any atom is -0.497 e. The molecular weight excluding hydrogens is 400 g/mol. The van der Waals surface area contributed by atoms with Crippen LogP contribution in [-0.4, -0.2) is 35.3 Å². The van der Waals surface area contributed by atoms with Gasteiger partial charge in [0.25, 0.3) is 5.56 Å². The molecule has 1 aromatic carbocycles. The first-order valence-corrected chi connectivity index (χ1v) is 11.2. The molecule has 5 rings (SSSR count). The summed E-state index contributed by atoms with van der Waals surface area (Å²) in [5.41, 5.74) is 1.27. The van der Waals surface area contributed by atoms with Gasteiger partial charge >= 0.3 is 0 Å². The third-order valence-corrected chi connectivity index (χ3v) is 7.32. The lowest BCUT2D eigenvalue weighted by molar-refractivity contribution is 0.389. The molecule has 3 heterocycles. The Morgan fingerprint density at radius 1 is 1.27 bits per heavy atom. The van der Waals surface area contributed by atoms with Crippen molar-refractivity contribution in [3.63, 3.8) is 0 Å². The Labute approximate surface area is 179 Å². The average molecular weight is 427 g/mol. The maximum absolute atomic E-state index is 13.6. The Morgan fingerprint density at radius 3 is 2.77 bits per heavy atom. The highest BCUT2D eigenvalue weighted by Crippen LogP contribution is 2.47. The molecule has 1 saturated heterocycles. The van der Waals surface area contributed by atoms with Crippen LogP contribution in [0.1, 0.15) is 55.0 Å². The molecule has 0 amide bonds. The monoisotopic (exact) mass is 426 g/mol. The topological polar surface area (TPSA) is 78.3 Å². The Kier molecular flexibility index (Phi) is 4.78. The van der Waals surface area contributed by atoms with Crippen LogP contribution >= 0.6 is 11.3 Å². The summed E-state index contributed by atoms with van der Waals surface area (Å²) < 4.78 is 12.7. The minimum absolute atomic E-state index is 0.0528. The van der Waals surface area contributed by atoms with Gasteiger partial charge in [0, 0.05) is 17.0 Å². The number of fused-ring (bicyclic) bond motifs is 1. The number of thiazole rings is 1. The molecule has 2 fully saturated rings. The first kappa shape index (κ1) is 19.5. The molecule has 1 aliphatic heterocycles. The molecule has 8 heteroatoms. The second-order valence-electron chi connectivity index (χ2n) is 8.42. The van der Waals surface area contributed by atoms with Gasteiger partial charge in [0.05, 0.1) is 26.8 Å². The normalized spacial score (nSPS) is 19.9. The van der Waals surface area contributed by atoms with Crippen molar-refractivity contribution in [1.82, 2.24) is 19.9 Å². The van der Waals surface area contributed by atoms with Crippen LogP contribution in [0.25, 0.3) is 10.3 Å². The van der Waals surface area contributed by atoms with E-state index in [0.29, 0.717) is 17.8 Å². The van der Waals surface area contributed by atoms with E-state index in [2.05, 4.69) is 12.2 Å². The fourth-order valence-electron chi connectivity index (χ4n) is 4.14. The summed E-state index contributed by atoms with van der Waals surface area (Å²) in [4.78, 5) is 24.0. The number of nitrogens with one attached hydrogen (secondary N) is 1. The van der Waals surface area contributed by atoms with Gasteiger partial charge in [-0.3, -0.25) is 9.36 Å². The Morgan fingerprint density at radius 2 is 2.10 bits per heavy atom. The van der Waals surface area contributed by atoms with Crippen molar-refractivity contribution < 1.29 is 9.47 Å². The molecule has 158 valence electrons. The van der Waals surface area contributed by atoms with Gasteiger partial charge in [-0.2, -0.15) is 0 Å². The van der Waals surface area contributed by atoms with E-state index in [9.17, 15) is 4.79 Å². The van der Waals surface area contributed by atoms with Gasteiger partial charge in [-0.05, 0) is 44.4 Å². The van der Waals surface area contributed by atoms with Crippen LogP contribution in [0.5, 0.6) is 11.5 Å². The van der Waals surface area contributed by atoms with E-state index >= 15 is 0 Å². The summed E-state index contributed by atoms with van der Waals surface area (Å²) in [6.45, 7) is 3.58. The van der Waals surface area contributed by atoms with Gasteiger partial charge in [0.15, 0.2) is 10.3 Å². The SMILES string of the molecule is COc1ccc(Cn2c(C3(C)CC3)nc3sc([C@H]4CCCN4)nc3c2=O)c(OC)c1. The number of rotatable bonds is 6. The van der Waals surface area contributed by atoms with E-state index in [1.165, 1.54) is 0 Å². The number of benzene rings is 1. The molecule has 3 aromatic rings. The van der Waals surface area contributed by atoms with Crippen LogP contribution in [0.15, 0.2) is 23.0 Å². The average Bonchev–Trinajstić information content (AvgIpc) is 3.15. The molecule has 2 aliphatic rings. The molecule has 0 radical (unpaired) electrons. The zero-order valence-corrected chi connectivity index (χ0v) is 18.3. The van der Waals surface area contributed by atoms with Crippen molar-refractivity contribution in [2.45, 2.75) is 50.6 Å². The summed E-state index contributed by atoms with van der Waals surface area (Å²) in [7, 11) is 3.26. The largest absolute Gasteiger partial charge is 0.497 e. The standard InChI is InChI=1S/C22H26N4O3S/c1-22(8-9-22)21-25-19-17(24-18(30-19)15-5-4-10-23-15)20(27)26(21)12-13-6-7-14(28-2)11-16(13)29-3/h6-7,11,15,23H,4-5,8-10,12H2,1-3H3/t15-/m1/s1. The number of ether oxygens (including phenoxy) is 2. The van der Waals surface area contributed by atoms with Crippen molar-refractivity contribution in [3.05, 3.63) is 44.9 Å². The number of aromatic nitrogens is 3. The van der Waals surface area contributed by atoms with Crippen molar-refractivity contribution in [3.8, 4) is 11.5 Å². The number of hydrogen-bond donors (Lipinski definition) is 1. The number of methoxy groups -OCH3 is 2. The third-order valence-electron chi connectivity index (χ3n) is 6.26. The molecule has 2 aromatic heterocycles. The number of hydrogen-bond acceptors (Lipinski definition) is 7. The van der Waals surface area contributed by atoms with E-state index in [-0.39, 0.29) is 17.0 Å². The molecule has 7 nitrogen and oxygen atoms in total. The van der Waals surface area contributed by atoms with Gasteiger partial charge in [-0.15, -0.1) is 0 Å². The summed E-state index contributed by atoms with van der Waals surface area (Å²) in [6, 6.07) is 5.92. The molecule has 1 N–H and O–H groups in total. The summed E-state index contributed by atoms with van der Waals surface area (Å²) in [6.07, 6.45) is 4.28. The van der Waals surface area contributed by atoms with Gasteiger partial charge < -0.3 is 14.8 Å². The highest BCUT2D eigenvalue weighted by Gasteiger charge is 2.43. The highest BCUT2D eigenvalue weighted by atomic mass is 32.1. The van der Waals surface area contributed by atoms with Crippen LogP contribution in [0.2, 0.25) is 0 Å². The van der Waals surface area contributed by atoms with E-state index in [4.69, 9.17) is 19.4 Å². The molecule has 0 spiro atoms. The van der Waals surface area contributed by atoms with Crippen LogP contribution < -0.4 is 20.3 Å². The zero-order valence-electron chi connectivity index (χ0n) is 17.5. The summed E-state index contributed by atoms with van der Waals surface area (Å²) in [5, 5.41) is 4.44. The fraction of sp³-hybridized carbons (Fsp3) is 0.500. The predicted octanol–water partition coefficient (Wildman–Crippen LogP) is 3.39. The first-order chi connectivity index (χ1) is 14.5. The lowest BCUT2D eigenvalue weighted by Crippen LogP contribution is -2.29. The highest BCUT2D eigenvalue weighted by molar-refractivity contribution is 7.18. The Bertz CT molecular complexity index is 1160. The lowest BCUT2D eigenvalue weighted by atomic mass is 10.1. The van der Waals surface area contributed by atoms with Crippen LogP contribution in [-0.2, 0) is 12.0 Å². The minimum atomic E-state index is -0.0681. The smallest absolute Gasteiger partial charge is 0.281 e. The Hall–Kier alpha value is -2.45. The van der Waals surface area contributed by atoms with Gasteiger partial charge in [0.1, 0.15) is 22.3 Å². The second kappa shape index (κ2) is 7.35. The predicted molar refractivity (Wildman–Crippen MR) is 117 cm³/mol. The third kappa shape index (κ3) is 3.28. The van der Waals surface area contributed by atoms with Crippen LogP contribution in [0.4, 0.5) is 0 Å². The van der Waals surface area contributed by atoms with Crippen LogP contribution in [0, 0.1) is 0 Å². The number of nitrogens with zero attached hydrogens (tertiary/aromatic N) is 3. The summed E-state index contributed by atoms with van der Waals surface area (Å²) in [5.74, 6) is 2.27. The van der Waals surface area contributed by atoms with E-state index in [1.807, 2.05) is 18.2 Å². The van der Waals surface area contributed by atoms with E-state index in [0.717, 1.165) is 59.2 Å². The second-order valence-corrected chi connectivity index (χ2v) is 9.43. The van der Waals surface area contributed by atoms with Gasteiger partial charge in [-0.25, -0.2) is 9.97 Å². The van der Waals surface area contributed by atoms with Gasteiger partial charge in [0.2, 0.25) is 0 Å². The van der Waals surface area contributed by atoms with Crippen molar-refractivity contribution >= 4 is 21.7 Å². The molecule has 0 unspecified atom stereocenters. The quantitative estimate of drug-likeness (QED) is 0.651. The maximum atomic E-state index is 13.6. The molecule has 1 saturated carbocycles. The van der Waals surface area contributed by atoms with E-state index < -0.39 is 0 Å². The lowest BCUT2D eigenvalue weighted by Gasteiger charge is -2.18. The molecule has 30 heavy (non-hydrogen) atoms. The van der Waals surface area contributed by atoms with E-state index in [1.54, 1.807) is 30.1 Å². The van der Waals surface area contributed by atoms with Crippen molar-refractivity contribution in [2.24, 2.45) is 0 Å². The molecular formula is C22H26N4O3S. The molecule has 1 atom stereocenters. The Balaban J connectivity index is 1.63. The van der Waals surface area contributed by atoms with Gasteiger partial charge in [-0.1, -0.05) is 18.3 Å². The summed E-state index contributed by atoms with van der Waals surface area (Å²) >= 11 is 1.56. The molecule has 1 aliphatic carbocycles. The van der Waals surface area contributed by atoms with Crippen molar-refractivity contribution in [1.29, 1.82) is 0 Å². The molecule has 0 bridgehead atoms. The maximum Gasteiger partial charge on any atom is 0.281 e. The fourth-order valence-corrected chi connectivity index (χ4v) is 5.18. The zero-order chi connectivity index (χ0) is 20.9. The van der Waals surface area contributed by atoms with Crippen LogP contribution in [0.3, 0.4) is 0 Å². The first-order valence-electron chi connectivity index (χ1n) is 10.4.